The third-order valence-electron chi connectivity index (χ3n) is 7.06. The van der Waals surface area contributed by atoms with Crippen LogP contribution in [0.3, 0.4) is 0 Å². The van der Waals surface area contributed by atoms with Crippen LogP contribution in [0.4, 0.5) is 5.69 Å². The monoisotopic (exact) mass is 514 g/mol. The maximum Gasteiger partial charge on any atom is 0.240 e. The zero-order valence-electron chi connectivity index (χ0n) is 20.1. The van der Waals surface area contributed by atoms with Crippen molar-refractivity contribution in [3.8, 4) is 16.9 Å². The molecule has 9 heteroatoms. The quantitative estimate of drug-likeness (QED) is 0.406. The number of amides is 1. The molecule has 1 heterocycles. The van der Waals surface area contributed by atoms with Crippen molar-refractivity contribution in [1.82, 2.24) is 4.72 Å². The van der Waals surface area contributed by atoms with E-state index in [9.17, 15) is 18.3 Å². The summed E-state index contributed by atoms with van der Waals surface area (Å²) in [4.78, 5) is 13.6. The molecule has 2 aliphatic rings. The maximum absolute atomic E-state index is 13.4. The second-order valence-electron chi connectivity index (χ2n) is 9.15. The third-order valence-corrected chi connectivity index (χ3v) is 8.49. The molecule has 0 saturated heterocycles. The predicted molar refractivity (Wildman–Crippen MR) is 141 cm³/mol. The zero-order valence-corrected chi connectivity index (χ0v) is 20.9. The van der Waals surface area contributed by atoms with E-state index >= 15 is 0 Å². The van der Waals surface area contributed by atoms with E-state index in [0.717, 1.165) is 16.7 Å². The summed E-state index contributed by atoms with van der Waals surface area (Å²) in [5.41, 5.74) is 3.00. The van der Waals surface area contributed by atoms with E-state index in [2.05, 4.69) is 10.0 Å². The van der Waals surface area contributed by atoms with Gasteiger partial charge in [-0.25, -0.2) is 13.1 Å². The Morgan fingerprint density at radius 2 is 1.78 bits per heavy atom. The van der Waals surface area contributed by atoms with Crippen molar-refractivity contribution >= 4 is 21.6 Å². The molecule has 1 aliphatic heterocycles. The van der Waals surface area contributed by atoms with Crippen LogP contribution in [0.1, 0.15) is 34.7 Å². The normalized spacial score (nSPS) is 20.2. The molecule has 3 aromatic rings. The topological polar surface area (TPSA) is 114 Å². The van der Waals surface area contributed by atoms with Crippen LogP contribution in [0.15, 0.2) is 71.6 Å². The van der Waals surface area contributed by atoms with Crippen LogP contribution >= 0.6 is 0 Å². The summed E-state index contributed by atoms with van der Waals surface area (Å²) in [6.07, 6.45) is 1.71. The highest BCUT2D eigenvalue weighted by Crippen LogP contribution is 2.51. The lowest BCUT2D eigenvalue weighted by atomic mass is 9.89. The number of carbonyl (C=O) groups excluding carboxylic acids is 1. The fourth-order valence-electron chi connectivity index (χ4n) is 4.65. The highest BCUT2D eigenvalue weighted by molar-refractivity contribution is 7.89. The SMILES string of the molecule is CNS(=O)(=O)c1ccc(-c2cccc(NC(=O)C3(c4ccc5c(c4)C(O)(OC)CCO5)CC3)c2)cc1.[HH].[HH].[HH]. The number of benzene rings is 3. The first-order chi connectivity index (χ1) is 17.2. The Morgan fingerprint density at radius 1 is 1.03 bits per heavy atom. The summed E-state index contributed by atoms with van der Waals surface area (Å²) in [6, 6.07) is 19.5. The number of rotatable bonds is 7. The van der Waals surface area contributed by atoms with Crippen LogP contribution in [0, 0.1) is 0 Å². The van der Waals surface area contributed by atoms with Crippen molar-refractivity contribution in [2.45, 2.75) is 35.4 Å². The van der Waals surface area contributed by atoms with E-state index in [1.165, 1.54) is 14.2 Å². The third kappa shape index (κ3) is 4.28. The van der Waals surface area contributed by atoms with Gasteiger partial charge in [0.1, 0.15) is 5.75 Å². The van der Waals surface area contributed by atoms with Crippen molar-refractivity contribution in [2.24, 2.45) is 0 Å². The summed E-state index contributed by atoms with van der Waals surface area (Å²) >= 11 is 0. The van der Waals surface area contributed by atoms with Crippen LogP contribution in [-0.4, -0.2) is 40.2 Å². The predicted octanol–water partition coefficient (Wildman–Crippen LogP) is 4.24. The van der Waals surface area contributed by atoms with Crippen molar-refractivity contribution < 1.29 is 32.1 Å². The number of ether oxygens (including phenoxy) is 2. The lowest BCUT2D eigenvalue weighted by molar-refractivity contribution is -0.209. The van der Waals surface area contributed by atoms with Gasteiger partial charge in [0.2, 0.25) is 15.9 Å². The van der Waals surface area contributed by atoms with Crippen LogP contribution in [0.2, 0.25) is 0 Å². The minimum Gasteiger partial charge on any atom is -0.493 e. The van der Waals surface area contributed by atoms with Crippen molar-refractivity contribution in [2.75, 3.05) is 26.1 Å². The van der Waals surface area contributed by atoms with Crippen molar-refractivity contribution in [1.29, 1.82) is 0 Å². The first-order valence-electron chi connectivity index (χ1n) is 11.7. The lowest BCUT2D eigenvalue weighted by Crippen LogP contribution is -2.35. The molecule has 1 aliphatic carbocycles. The smallest absolute Gasteiger partial charge is 0.240 e. The molecular formula is C27H34N2O6S. The van der Waals surface area contributed by atoms with E-state index in [1.54, 1.807) is 30.3 Å². The summed E-state index contributed by atoms with van der Waals surface area (Å²) in [5, 5.41) is 13.9. The molecule has 36 heavy (non-hydrogen) atoms. The average Bonchev–Trinajstić information content (AvgIpc) is 3.71. The van der Waals surface area contributed by atoms with E-state index in [0.29, 0.717) is 42.9 Å². The fourth-order valence-corrected chi connectivity index (χ4v) is 5.38. The van der Waals surface area contributed by atoms with E-state index in [1.807, 2.05) is 36.4 Å². The first-order valence-corrected chi connectivity index (χ1v) is 13.2. The standard InChI is InChI=1S/C27H28N2O6S.3H2/c1-28-36(32,33)22-9-6-18(7-10-22)19-4-3-5-21(16-19)29-25(30)26(12-13-26)20-8-11-24-23(17-20)27(31,34-2)14-15-35-24;;;/h3-11,16-17,28,31H,12-15H2,1-2H3,(H,29,30);3*1H. The second kappa shape index (κ2) is 9.01. The first kappa shape index (κ1) is 24.5. The van der Waals surface area contributed by atoms with Crippen LogP contribution in [0.5, 0.6) is 5.75 Å². The van der Waals surface area contributed by atoms with Gasteiger partial charge in [-0.1, -0.05) is 30.3 Å². The van der Waals surface area contributed by atoms with Gasteiger partial charge in [0.15, 0.2) is 5.79 Å². The second-order valence-corrected chi connectivity index (χ2v) is 11.0. The highest BCUT2D eigenvalue weighted by Gasteiger charge is 2.52. The Balaban J connectivity index is 0.00000178. The minimum absolute atomic E-state index is 0. The number of fused-ring (bicyclic) bond motifs is 1. The number of sulfonamides is 1. The number of anilines is 1. The molecule has 0 radical (unpaired) electrons. The Kier molecular flexibility index (Phi) is 6.12. The van der Waals surface area contributed by atoms with Gasteiger partial charge in [-0.05, 0) is 73.0 Å². The number of aliphatic hydroxyl groups is 1. The summed E-state index contributed by atoms with van der Waals surface area (Å²) in [6.45, 7) is 0.354. The molecule has 194 valence electrons. The molecule has 3 aromatic carbocycles. The van der Waals surface area contributed by atoms with Gasteiger partial charge < -0.3 is 19.9 Å². The molecule has 1 amide bonds. The Hall–Kier alpha value is -3.24. The number of hydrogen-bond donors (Lipinski definition) is 3. The Morgan fingerprint density at radius 3 is 2.44 bits per heavy atom. The van der Waals surface area contributed by atoms with E-state index in [4.69, 9.17) is 9.47 Å². The molecule has 0 spiro atoms. The van der Waals surface area contributed by atoms with Gasteiger partial charge in [-0.15, -0.1) is 0 Å². The zero-order chi connectivity index (χ0) is 25.6. The van der Waals surface area contributed by atoms with Crippen LogP contribution in [-0.2, 0) is 30.8 Å². The summed E-state index contributed by atoms with van der Waals surface area (Å²) < 4.78 is 37.3. The van der Waals surface area contributed by atoms with E-state index < -0.39 is 21.2 Å². The molecule has 1 saturated carbocycles. The molecule has 1 atom stereocenters. The molecule has 8 nitrogen and oxygen atoms in total. The highest BCUT2D eigenvalue weighted by atomic mass is 32.2. The number of nitrogens with one attached hydrogen (secondary N) is 2. The molecule has 5 rings (SSSR count). The fraction of sp³-hybridized carbons (Fsp3) is 0.296. The van der Waals surface area contributed by atoms with Crippen LogP contribution < -0.4 is 14.8 Å². The van der Waals surface area contributed by atoms with Crippen molar-refractivity contribution in [3.05, 3.63) is 77.9 Å². The van der Waals surface area contributed by atoms with Crippen molar-refractivity contribution in [3.63, 3.8) is 0 Å². The number of hydrogen-bond acceptors (Lipinski definition) is 6. The Bertz CT molecular complexity index is 1430. The molecule has 1 unspecified atom stereocenters. The van der Waals surface area contributed by atoms with Gasteiger partial charge >= 0.3 is 0 Å². The molecule has 1 fully saturated rings. The van der Waals surface area contributed by atoms with E-state index in [-0.39, 0.29) is 15.1 Å². The number of methoxy groups -OCH3 is 1. The summed E-state index contributed by atoms with van der Waals surface area (Å²) in [5.74, 6) is -0.994. The maximum atomic E-state index is 13.4. The molecule has 0 bridgehead atoms. The molecule has 3 N–H and O–H groups in total. The van der Waals surface area contributed by atoms with Crippen LogP contribution in [0.25, 0.3) is 11.1 Å². The van der Waals surface area contributed by atoms with Gasteiger partial charge in [0.05, 0.1) is 22.5 Å². The van der Waals surface area contributed by atoms with Gasteiger partial charge in [0.25, 0.3) is 0 Å². The summed E-state index contributed by atoms with van der Waals surface area (Å²) in [7, 11) is -0.678. The number of carbonyl (C=O) groups is 1. The average molecular weight is 515 g/mol. The van der Waals surface area contributed by atoms with Gasteiger partial charge in [-0.2, -0.15) is 0 Å². The Labute approximate surface area is 214 Å². The minimum atomic E-state index is -3.51. The van der Waals surface area contributed by atoms with Gasteiger partial charge in [0, 0.05) is 23.5 Å². The molecular weight excluding hydrogens is 480 g/mol. The largest absolute Gasteiger partial charge is 0.493 e. The molecule has 0 aromatic heterocycles. The lowest BCUT2D eigenvalue weighted by Gasteiger charge is -2.33. The van der Waals surface area contributed by atoms with Gasteiger partial charge in [-0.3, -0.25) is 4.79 Å².